The molecular formula is C16H22ClNO2. The molecular weight excluding hydrogens is 274 g/mol. The molecule has 2 atom stereocenters. The van der Waals surface area contributed by atoms with Crippen molar-refractivity contribution in [2.75, 3.05) is 6.54 Å². The summed E-state index contributed by atoms with van der Waals surface area (Å²) in [5.74, 6) is 0.332. The average molecular weight is 296 g/mol. The minimum atomic E-state index is -0.406. The van der Waals surface area contributed by atoms with Crippen LogP contribution in [0.4, 0.5) is 0 Å². The molecule has 0 aromatic heterocycles. The van der Waals surface area contributed by atoms with Gasteiger partial charge in [-0.1, -0.05) is 37.6 Å². The summed E-state index contributed by atoms with van der Waals surface area (Å²) in [6, 6.07) is 7.39. The van der Waals surface area contributed by atoms with Crippen molar-refractivity contribution in [3.8, 4) is 0 Å². The molecule has 1 fully saturated rings. The lowest BCUT2D eigenvalue weighted by molar-refractivity contribution is -0.124. The summed E-state index contributed by atoms with van der Waals surface area (Å²) in [5.41, 5.74) is 0.961. The van der Waals surface area contributed by atoms with Gasteiger partial charge < -0.3 is 10.4 Å². The van der Waals surface area contributed by atoms with Crippen LogP contribution in [0.1, 0.15) is 38.2 Å². The van der Waals surface area contributed by atoms with Gasteiger partial charge in [0.15, 0.2) is 0 Å². The fourth-order valence-electron chi connectivity index (χ4n) is 2.47. The highest BCUT2D eigenvalue weighted by Crippen LogP contribution is 2.32. The first kappa shape index (κ1) is 15.3. The zero-order valence-electron chi connectivity index (χ0n) is 12.0. The minimum absolute atomic E-state index is 0.0259. The molecule has 1 saturated carbocycles. The second kappa shape index (κ2) is 6.59. The molecule has 1 aliphatic rings. The van der Waals surface area contributed by atoms with Gasteiger partial charge in [-0.05, 0) is 42.4 Å². The Hall–Kier alpha value is -1.06. The van der Waals surface area contributed by atoms with Gasteiger partial charge >= 0.3 is 0 Å². The number of hydrogen-bond acceptors (Lipinski definition) is 2. The zero-order valence-corrected chi connectivity index (χ0v) is 12.7. The number of aliphatic hydroxyl groups is 1. The quantitative estimate of drug-likeness (QED) is 0.848. The maximum atomic E-state index is 12.4. The first-order valence-corrected chi connectivity index (χ1v) is 7.58. The van der Waals surface area contributed by atoms with Crippen LogP contribution in [-0.4, -0.2) is 23.7 Å². The molecule has 0 heterocycles. The summed E-state index contributed by atoms with van der Waals surface area (Å²) in [6.45, 7) is 4.40. The molecule has 1 aliphatic carbocycles. The third kappa shape index (κ3) is 3.97. The smallest absolute Gasteiger partial charge is 0.227 e. The summed E-state index contributed by atoms with van der Waals surface area (Å²) in [6.07, 6.45) is 1.74. The van der Waals surface area contributed by atoms with Gasteiger partial charge in [0.1, 0.15) is 0 Å². The summed E-state index contributed by atoms with van der Waals surface area (Å²) in [4.78, 5) is 12.4. The van der Waals surface area contributed by atoms with Crippen LogP contribution < -0.4 is 5.32 Å². The molecule has 20 heavy (non-hydrogen) atoms. The van der Waals surface area contributed by atoms with Gasteiger partial charge in [0, 0.05) is 11.6 Å². The summed E-state index contributed by atoms with van der Waals surface area (Å²) in [7, 11) is 0. The number of carbonyl (C=O) groups excluding carboxylic acids is 1. The third-order valence-electron chi connectivity index (χ3n) is 3.83. The van der Waals surface area contributed by atoms with Crippen LogP contribution in [-0.2, 0) is 4.79 Å². The van der Waals surface area contributed by atoms with Gasteiger partial charge in [0.2, 0.25) is 5.91 Å². The topological polar surface area (TPSA) is 49.3 Å². The van der Waals surface area contributed by atoms with Crippen LogP contribution in [0.3, 0.4) is 0 Å². The third-order valence-corrected chi connectivity index (χ3v) is 4.08. The van der Waals surface area contributed by atoms with E-state index in [4.69, 9.17) is 11.6 Å². The molecule has 110 valence electrons. The molecule has 0 bridgehead atoms. The Labute approximate surface area is 125 Å². The van der Waals surface area contributed by atoms with Crippen molar-refractivity contribution in [3.63, 3.8) is 0 Å². The lowest BCUT2D eigenvalue weighted by atomic mass is 9.87. The van der Waals surface area contributed by atoms with E-state index in [2.05, 4.69) is 5.32 Å². The Morgan fingerprint density at radius 1 is 1.35 bits per heavy atom. The van der Waals surface area contributed by atoms with Crippen molar-refractivity contribution in [2.45, 2.75) is 38.7 Å². The van der Waals surface area contributed by atoms with Gasteiger partial charge in [-0.2, -0.15) is 0 Å². The van der Waals surface area contributed by atoms with E-state index in [-0.39, 0.29) is 17.7 Å². The number of aliphatic hydroxyl groups excluding tert-OH is 1. The summed E-state index contributed by atoms with van der Waals surface area (Å²) in [5, 5.41) is 13.4. The molecule has 2 rings (SSSR count). The molecule has 4 heteroatoms. The standard InChI is InChI=1S/C16H22ClNO2/c1-10(2)15(12-5-7-13(17)8-6-12)16(20)18-9-14(19)11-3-4-11/h5-8,10-11,14-15,19H,3-4,9H2,1-2H3,(H,18,20). The molecule has 2 N–H and O–H groups in total. The number of halogens is 1. The molecule has 1 amide bonds. The average Bonchev–Trinajstić information content (AvgIpc) is 3.22. The highest BCUT2D eigenvalue weighted by Gasteiger charge is 2.31. The lowest BCUT2D eigenvalue weighted by Gasteiger charge is -2.22. The van der Waals surface area contributed by atoms with Crippen molar-refractivity contribution in [3.05, 3.63) is 34.9 Å². The number of nitrogens with one attached hydrogen (secondary N) is 1. The largest absolute Gasteiger partial charge is 0.391 e. The first-order chi connectivity index (χ1) is 9.49. The number of carbonyl (C=O) groups is 1. The Balaban J connectivity index is 1.99. The maximum absolute atomic E-state index is 12.4. The van der Waals surface area contributed by atoms with Crippen molar-refractivity contribution in [1.82, 2.24) is 5.32 Å². The molecule has 0 radical (unpaired) electrons. The molecule has 1 aromatic rings. The van der Waals surface area contributed by atoms with Crippen molar-refractivity contribution >= 4 is 17.5 Å². The van der Waals surface area contributed by atoms with Gasteiger partial charge in [-0.25, -0.2) is 0 Å². The minimum Gasteiger partial charge on any atom is -0.391 e. The van der Waals surface area contributed by atoms with Crippen LogP contribution in [0, 0.1) is 11.8 Å². The summed E-state index contributed by atoms with van der Waals surface area (Å²) >= 11 is 5.89. The SMILES string of the molecule is CC(C)C(C(=O)NCC(O)C1CC1)c1ccc(Cl)cc1. The van der Waals surface area contributed by atoms with Gasteiger partial charge in [-0.15, -0.1) is 0 Å². The number of rotatable bonds is 6. The maximum Gasteiger partial charge on any atom is 0.227 e. The second-order valence-electron chi connectivity index (χ2n) is 5.92. The Morgan fingerprint density at radius 2 is 1.95 bits per heavy atom. The zero-order chi connectivity index (χ0) is 14.7. The molecule has 3 nitrogen and oxygen atoms in total. The Bertz CT molecular complexity index is 454. The highest BCUT2D eigenvalue weighted by molar-refractivity contribution is 6.30. The van der Waals surface area contributed by atoms with E-state index < -0.39 is 6.10 Å². The van der Waals surface area contributed by atoms with Crippen LogP contribution in [0.15, 0.2) is 24.3 Å². The van der Waals surface area contributed by atoms with Gasteiger partial charge in [0.05, 0.1) is 12.0 Å². The van der Waals surface area contributed by atoms with E-state index in [1.807, 2.05) is 26.0 Å². The molecule has 2 unspecified atom stereocenters. The van der Waals surface area contributed by atoms with Crippen LogP contribution in [0.25, 0.3) is 0 Å². The number of amides is 1. The molecule has 0 spiro atoms. The normalized spacial score (nSPS) is 17.9. The molecule has 0 aliphatic heterocycles. The number of benzene rings is 1. The van der Waals surface area contributed by atoms with Crippen molar-refractivity contribution < 1.29 is 9.90 Å². The van der Waals surface area contributed by atoms with E-state index in [1.54, 1.807) is 12.1 Å². The summed E-state index contributed by atoms with van der Waals surface area (Å²) < 4.78 is 0. The van der Waals surface area contributed by atoms with E-state index in [0.717, 1.165) is 18.4 Å². The van der Waals surface area contributed by atoms with Crippen LogP contribution in [0.2, 0.25) is 5.02 Å². The van der Waals surface area contributed by atoms with Crippen molar-refractivity contribution in [1.29, 1.82) is 0 Å². The van der Waals surface area contributed by atoms with E-state index in [9.17, 15) is 9.90 Å². The number of hydrogen-bond donors (Lipinski definition) is 2. The van der Waals surface area contributed by atoms with Gasteiger partial charge in [-0.3, -0.25) is 4.79 Å². The van der Waals surface area contributed by atoms with Crippen molar-refractivity contribution in [2.24, 2.45) is 11.8 Å². The highest BCUT2D eigenvalue weighted by atomic mass is 35.5. The van der Waals surface area contributed by atoms with Crippen LogP contribution in [0.5, 0.6) is 0 Å². The lowest BCUT2D eigenvalue weighted by Crippen LogP contribution is -2.37. The predicted molar refractivity (Wildman–Crippen MR) is 80.8 cm³/mol. The van der Waals surface area contributed by atoms with E-state index >= 15 is 0 Å². The Kier molecular flexibility index (Phi) is 5.06. The fourth-order valence-corrected chi connectivity index (χ4v) is 2.60. The first-order valence-electron chi connectivity index (χ1n) is 7.20. The van der Waals surface area contributed by atoms with Gasteiger partial charge in [0.25, 0.3) is 0 Å². The van der Waals surface area contributed by atoms with E-state index in [0.29, 0.717) is 17.5 Å². The van der Waals surface area contributed by atoms with Crippen LogP contribution >= 0.6 is 11.6 Å². The molecule has 1 aromatic carbocycles. The Morgan fingerprint density at radius 3 is 2.45 bits per heavy atom. The van der Waals surface area contributed by atoms with E-state index in [1.165, 1.54) is 0 Å². The predicted octanol–water partition coefficient (Wildman–Crippen LogP) is 2.97. The second-order valence-corrected chi connectivity index (χ2v) is 6.36. The fraction of sp³-hybridized carbons (Fsp3) is 0.562. The molecule has 0 saturated heterocycles. The monoisotopic (exact) mass is 295 g/mol.